The number of anilines is 1. The zero-order valence-corrected chi connectivity index (χ0v) is 17.9. The van der Waals surface area contributed by atoms with E-state index in [9.17, 15) is 18.4 Å². The van der Waals surface area contributed by atoms with E-state index in [0.29, 0.717) is 28.5 Å². The Morgan fingerprint density at radius 2 is 2.00 bits per heavy atom. The second-order valence-electron chi connectivity index (χ2n) is 7.18. The van der Waals surface area contributed by atoms with Gasteiger partial charge in [0, 0.05) is 35.0 Å². The number of hydrogen-bond acceptors (Lipinski definition) is 5. The van der Waals surface area contributed by atoms with E-state index in [1.54, 1.807) is 30.3 Å². The van der Waals surface area contributed by atoms with E-state index >= 15 is 0 Å². The van der Waals surface area contributed by atoms with Crippen molar-refractivity contribution in [2.24, 2.45) is 0 Å². The Labute approximate surface area is 192 Å². The number of halogens is 3. The predicted molar refractivity (Wildman–Crippen MR) is 116 cm³/mol. The number of nitrogens with zero attached hydrogens (tertiary/aromatic N) is 1. The fourth-order valence-electron chi connectivity index (χ4n) is 3.38. The summed E-state index contributed by atoms with van der Waals surface area (Å²) in [5, 5.41) is 5.77. The fourth-order valence-corrected chi connectivity index (χ4v) is 3.56. The molecule has 10 heteroatoms. The van der Waals surface area contributed by atoms with Crippen LogP contribution in [0.1, 0.15) is 34.1 Å². The average Bonchev–Trinajstić information content (AvgIpc) is 2.80. The van der Waals surface area contributed by atoms with Crippen molar-refractivity contribution in [2.75, 3.05) is 11.9 Å². The summed E-state index contributed by atoms with van der Waals surface area (Å²) < 4.78 is 37.5. The monoisotopic (exact) mass is 473 g/mol. The van der Waals surface area contributed by atoms with Gasteiger partial charge in [0.15, 0.2) is 11.6 Å². The molecule has 7 nitrogen and oxygen atoms in total. The average molecular weight is 474 g/mol. The lowest BCUT2D eigenvalue weighted by Gasteiger charge is -2.27. The molecule has 0 fully saturated rings. The largest absolute Gasteiger partial charge is 0.492 e. The van der Waals surface area contributed by atoms with Gasteiger partial charge in [0.05, 0.1) is 23.9 Å². The summed E-state index contributed by atoms with van der Waals surface area (Å²) in [5.41, 5.74) is 1.39. The van der Waals surface area contributed by atoms with Crippen LogP contribution in [0.3, 0.4) is 0 Å². The Morgan fingerprint density at radius 1 is 1.15 bits per heavy atom. The Morgan fingerprint density at radius 3 is 2.79 bits per heavy atom. The number of amides is 2. The van der Waals surface area contributed by atoms with Crippen molar-refractivity contribution in [3.05, 3.63) is 88.2 Å². The highest BCUT2D eigenvalue weighted by atomic mass is 35.5. The van der Waals surface area contributed by atoms with E-state index < -0.39 is 29.7 Å². The van der Waals surface area contributed by atoms with E-state index in [0.717, 1.165) is 12.1 Å². The minimum atomic E-state index is -1.07. The van der Waals surface area contributed by atoms with Crippen molar-refractivity contribution in [1.29, 1.82) is 0 Å². The Kier molecular flexibility index (Phi) is 6.69. The van der Waals surface area contributed by atoms with Gasteiger partial charge in [0.2, 0.25) is 0 Å². The summed E-state index contributed by atoms with van der Waals surface area (Å²) in [5.74, 6) is -2.35. The molecule has 0 unspecified atom stereocenters. The lowest BCUT2D eigenvalue weighted by molar-refractivity contribution is 0.102. The number of pyridine rings is 1. The molecule has 0 aliphatic carbocycles. The first-order valence-electron chi connectivity index (χ1n) is 9.96. The van der Waals surface area contributed by atoms with Crippen LogP contribution in [-0.2, 0) is 11.3 Å². The normalized spacial score (nSPS) is 14.6. The van der Waals surface area contributed by atoms with Crippen LogP contribution in [0.25, 0.3) is 0 Å². The molecule has 33 heavy (non-hydrogen) atoms. The number of ether oxygens (including phenoxy) is 2. The van der Waals surface area contributed by atoms with Crippen LogP contribution in [0.2, 0.25) is 5.02 Å². The molecule has 1 aliphatic rings. The Bertz CT molecular complexity index is 1210. The molecular weight excluding hydrogens is 456 g/mol. The molecule has 2 aromatic carbocycles. The summed E-state index contributed by atoms with van der Waals surface area (Å²) >= 11 is 5.90. The smallest absolute Gasteiger partial charge is 0.408 e. The standard InChI is InChI=1S/C23H18ClF2N3O4/c24-13-6-8-27-15(10-13)12-33-23(31)29-20-7-9-32-21-16(20)2-1-3-17(21)22(30)28-14-4-5-18(25)19(26)11-14/h1-6,8,10-11,20H,7,9,12H2,(H,28,30)(H,29,31)/t20-/m0/s1. The molecule has 1 aliphatic heterocycles. The molecule has 2 N–H and O–H groups in total. The molecule has 4 rings (SSSR count). The maximum absolute atomic E-state index is 13.5. The van der Waals surface area contributed by atoms with E-state index in [2.05, 4.69) is 15.6 Å². The molecular formula is C23H18ClF2N3O4. The van der Waals surface area contributed by atoms with Crippen LogP contribution in [-0.4, -0.2) is 23.6 Å². The van der Waals surface area contributed by atoms with Crippen LogP contribution in [0.15, 0.2) is 54.7 Å². The molecule has 2 amide bonds. The number of fused-ring (bicyclic) bond motifs is 1. The lowest BCUT2D eigenvalue weighted by atomic mass is 9.97. The van der Waals surface area contributed by atoms with Gasteiger partial charge >= 0.3 is 6.09 Å². The maximum atomic E-state index is 13.5. The number of carbonyl (C=O) groups excluding carboxylic acids is 2. The number of nitrogens with one attached hydrogen (secondary N) is 2. The molecule has 3 aromatic rings. The van der Waals surface area contributed by atoms with E-state index in [4.69, 9.17) is 21.1 Å². The van der Waals surface area contributed by atoms with Crippen LogP contribution in [0.4, 0.5) is 19.3 Å². The molecule has 1 atom stereocenters. The topological polar surface area (TPSA) is 89.5 Å². The number of alkyl carbamates (subject to hydrolysis) is 1. The molecule has 2 heterocycles. The van der Waals surface area contributed by atoms with Crippen molar-refractivity contribution in [3.63, 3.8) is 0 Å². The van der Waals surface area contributed by atoms with Crippen molar-refractivity contribution < 1.29 is 27.8 Å². The summed E-state index contributed by atoms with van der Waals surface area (Å²) in [7, 11) is 0. The van der Waals surface area contributed by atoms with Crippen LogP contribution in [0, 0.1) is 11.6 Å². The maximum Gasteiger partial charge on any atom is 0.408 e. The van der Waals surface area contributed by atoms with Crippen LogP contribution < -0.4 is 15.4 Å². The third-order valence-corrected chi connectivity index (χ3v) is 5.15. The fraction of sp³-hybridized carbons (Fsp3) is 0.174. The van der Waals surface area contributed by atoms with Crippen molar-refractivity contribution in [3.8, 4) is 5.75 Å². The molecule has 1 aromatic heterocycles. The highest BCUT2D eigenvalue weighted by Crippen LogP contribution is 2.35. The van der Waals surface area contributed by atoms with E-state index in [-0.39, 0.29) is 24.5 Å². The quantitative estimate of drug-likeness (QED) is 0.543. The van der Waals surface area contributed by atoms with Gasteiger partial charge in [-0.15, -0.1) is 0 Å². The summed E-state index contributed by atoms with van der Waals surface area (Å²) in [6.07, 6.45) is 1.32. The molecule has 0 spiro atoms. The van der Waals surface area contributed by atoms with Gasteiger partial charge in [-0.2, -0.15) is 0 Å². The zero-order chi connectivity index (χ0) is 23.4. The van der Waals surface area contributed by atoms with Gasteiger partial charge in [-0.3, -0.25) is 9.78 Å². The molecule has 0 saturated carbocycles. The minimum Gasteiger partial charge on any atom is -0.492 e. The third-order valence-electron chi connectivity index (χ3n) is 4.92. The van der Waals surface area contributed by atoms with Crippen molar-refractivity contribution in [2.45, 2.75) is 19.1 Å². The first-order chi connectivity index (χ1) is 15.9. The number of benzene rings is 2. The molecule has 0 bridgehead atoms. The predicted octanol–water partition coefficient (Wildman–Crippen LogP) is 5.02. The highest BCUT2D eigenvalue weighted by Gasteiger charge is 2.27. The zero-order valence-electron chi connectivity index (χ0n) is 17.1. The summed E-state index contributed by atoms with van der Waals surface area (Å²) in [6.45, 7) is 0.197. The lowest BCUT2D eigenvalue weighted by Crippen LogP contribution is -2.33. The first-order valence-corrected chi connectivity index (χ1v) is 10.3. The molecule has 0 radical (unpaired) electrons. The number of rotatable bonds is 5. The van der Waals surface area contributed by atoms with E-state index in [1.807, 2.05) is 0 Å². The van der Waals surface area contributed by atoms with E-state index in [1.165, 1.54) is 12.3 Å². The number of aromatic nitrogens is 1. The number of carbonyl (C=O) groups is 2. The highest BCUT2D eigenvalue weighted by molar-refractivity contribution is 6.30. The second-order valence-corrected chi connectivity index (χ2v) is 7.62. The van der Waals surface area contributed by atoms with Crippen molar-refractivity contribution >= 4 is 29.3 Å². The van der Waals surface area contributed by atoms with Crippen molar-refractivity contribution in [1.82, 2.24) is 10.3 Å². The SMILES string of the molecule is O=C(N[C@H]1CCOc2c(C(=O)Nc3ccc(F)c(F)c3)cccc21)OCc1cc(Cl)ccn1. The first kappa shape index (κ1) is 22.5. The number of para-hydroxylation sites is 1. The summed E-state index contributed by atoms with van der Waals surface area (Å²) in [4.78, 5) is 29.2. The van der Waals surface area contributed by atoms with Gasteiger partial charge in [-0.05, 0) is 30.3 Å². The third kappa shape index (κ3) is 5.38. The van der Waals surface area contributed by atoms with Gasteiger partial charge in [-0.1, -0.05) is 23.7 Å². The Balaban J connectivity index is 1.45. The Hall–Kier alpha value is -3.72. The van der Waals surface area contributed by atoms with Gasteiger partial charge < -0.3 is 20.1 Å². The summed E-state index contributed by atoms with van der Waals surface area (Å²) in [6, 6.07) is 10.7. The molecule has 0 saturated heterocycles. The van der Waals surface area contributed by atoms with Gasteiger partial charge in [0.25, 0.3) is 5.91 Å². The van der Waals surface area contributed by atoms with Gasteiger partial charge in [-0.25, -0.2) is 13.6 Å². The number of hydrogen-bond donors (Lipinski definition) is 2. The minimum absolute atomic E-state index is 0.0564. The van der Waals surface area contributed by atoms with Crippen LogP contribution in [0.5, 0.6) is 5.75 Å². The molecule has 170 valence electrons. The second kappa shape index (κ2) is 9.83. The van der Waals surface area contributed by atoms with Gasteiger partial charge in [0.1, 0.15) is 12.4 Å². The van der Waals surface area contributed by atoms with Crippen LogP contribution >= 0.6 is 11.6 Å².